The first-order valence-corrected chi connectivity index (χ1v) is 6.97. The van der Waals surface area contributed by atoms with Crippen LogP contribution in [0.4, 0.5) is 0 Å². The second-order valence-corrected chi connectivity index (χ2v) is 5.44. The average Bonchev–Trinajstić information content (AvgIpc) is 2.91. The van der Waals surface area contributed by atoms with Gasteiger partial charge < -0.3 is 14.9 Å². The molecule has 1 amide bonds. The van der Waals surface area contributed by atoms with E-state index in [1.54, 1.807) is 13.0 Å². The van der Waals surface area contributed by atoms with E-state index in [-0.39, 0.29) is 12.3 Å². The Morgan fingerprint density at radius 3 is 2.70 bits per heavy atom. The Morgan fingerprint density at radius 1 is 1.40 bits per heavy atom. The molecule has 1 aromatic carbocycles. The number of nitrogens with one attached hydrogen (secondary N) is 1. The standard InChI is InChI=1S/C14H15BrN2O3/c1-9(14(19)10-2-4-11(15)5-3-10)16-13(18)8-12-6-7-20-17-12/h2-7,9,14,19H,8H2,1H3,(H,16,18). The molecule has 2 aromatic rings. The largest absolute Gasteiger partial charge is 0.386 e. The summed E-state index contributed by atoms with van der Waals surface area (Å²) in [5.74, 6) is -0.206. The molecule has 1 aromatic heterocycles. The van der Waals surface area contributed by atoms with Crippen LogP contribution in [0.3, 0.4) is 0 Å². The van der Waals surface area contributed by atoms with Gasteiger partial charge in [-0.25, -0.2) is 0 Å². The lowest BCUT2D eigenvalue weighted by Crippen LogP contribution is -2.38. The van der Waals surface area contributed by atoms with Crippen LogP contribution in [-0.4, -0.2) is 22.2 Å². The van der Waals surface area contributed by atoms with Gasteiger partial charge in [-0.2, -0.15) is 0 Å². The number of carbonyl (C=O) groups is 1. The summed E-state index contributed by atoms with van der Waals surface area (Å²) in [5.41, 5.74) is 1.32. The minimum Gasteiger partial charge on any atom is -0.386 e. The molecule has 2 rings (SSSR count). The van der Waals surface area contributed by atoms with Crippen molar-refractivity contribution in [1.29, 1.82) is 0 Å². The van der Waals surface area contributed by atoms with E-state index < -0.39 is 12.1 Å². The number of aliphatic hydroxyl groups excluding tert-OH is 1. The van der Waals surface area contributed by atoms with Crippen LogP contribution < -0.4 is 5.32 Å². The number of hydrogen-bond donors (Lipinski definition) is 2. The Bertz CT molecular complexity index is 554. The van der Waals surface area contributed by atoms with Gasteiger partial charge in [0.2, 0.25) is 5.91 Å². The lowest BCUT2D eigenvalue weighted by atomic mass is 10.0. The topological polar surface area (TPSA) is 75.4 Å². The number of carbonyl (C=O) groups excluding carboxylic acids is 1. The summed E-state index contributed by atoms with van der Waals surface area (Å²) in [6.45, 7) is 1.76. The SMILES string of the molecule is CC(NC(=O)Cc1ccon1)C(O)c1ccc(Br)cc1. The monoisotopic (exact) mass is 338 g/mol. The number of hydrogen-bond acceptors (Lipinski definition) is 4. The van der Waals surface area contributed by atoms with Crippen molar-refractivity contribution in [1.82, 2.24) is 10.5 Å². The van der Waals surface area contributed by atoms with E-state index in [0.717, 1.165) is 10.0 Å². The summed E-state index contributed by atoms with van der Waals surface area (Å²) < 4.78 is 5.61. The Hall–Kier alpha value is -1.66. The van der Waals surface area contributed by atoms with Crippen molar-refractivity contribution >= 4 is 21.8 Å². The molecule has 106 valence electrons. The zero-order valence-corrected chi connectivity index (χ0v) is 12.5. The molecule has 0 aliphatic rings. The number of benzene rings is 1. The van der Waals surface area contributed by atoms with E-state index >= 15 is 0 Å². The number of aliphatic hydroxyl groups is 1. The van der Waals surface area contributed by atoms with Gasteiger partial charge in [0.05, 0.1) is 24.3 Å². The van der Waals surface area contributed by atoms with Crippen molar-refractivity contribution in [2.75, 3.05) is 0 Å². The average molecular weight is 339 g/mol. The molecule has 0 aliphatic carbocycles. The second-order valence-electron chi connectivity index (χ2n) is 4.52. The predicted molar refractivity (Wildman–Crippen MR) is 76.9 cm³/mol. The summed E-state index contributed by atoms with van der Waals surface area (Å²) >= 11 is 3.34. The maximum atomic E-state index is 11.8. The Balaban J connectivity index is 1.91. The molecule has 1 heterocycles. The molecule has 6 heteroatoms. The normalized spacial score (nSPS) is 13.8. The molecule has 0 fully saturated rings. The molecule has 2 unspecified atom stereocenters. The van der Waals surface area contributed by atoms with Crippen LogP contribution in [0.1, 0.15) is 24.3 Å². The fourth-order valence-corrected chi connectivity index (χ4v) is 2.09. The molecular weight excluding hydrogens is 324 g/mol. The third kappa shape index (κ3) is 3.91. The van der Waals surface area contributed by atoms with Crippen LogP contribution in [0, 0.1) is 0 Å². The van der Waals surface area contributed by atoms with Crippen molar-refractivity contribution in [3.63, 3.8) is 0 Å². The van der Waals surface area contributed by atoms with E-state index in [1.165, 1.54) is 6.26 Å². The van der Waals surface area contributed by atoms with E-state index in [2.05, 4.69) is 30.9 Å². The van der Waals surface area contributed by atoms with Crippen LogP contribution in [0.25, 0.3) is 0 Å². The first kappa shape index (κ1) is 14.7. The van der Waals surface area contributed by atoms with Gasteiger partial charge in [0.25, 0.3) is 0 Å². The maximum absolute atomic E-state index is 11.8. The van der Waals surface area contributed by atoms with E-state index in [1.807, 2.05) is 24.3 Å². The molecule has 0 saturated heterocycles. The summed E-state index contributed by atoms with van der Waals surface area (Å²) in [5, 5.41) is 16.6. The first-order valence-electron chi connectivity index (χ1n) is 6.18. The number of rotatable bonds is 5. The third-order valence-electron chi connectivity index (χ3n) is 2.91. The fraction of sp³-hybridized carbons (Fsp3) is 0.286. The molecule has 20 heavy (non-hydrogen) atoms. The van der Waals surface area contributed by atoms with Gasteiger partial charge in [0.15, 0.2) is 0 Å². The fourth-order valence-electron chi connectivity index (χ4n) is 1.83. The molecule has 0 radical (unpaired) electrons. The van der Waals surface area contributed by atoms with Gasteiger partial charge in [-0.3, -0.25) is 4.79 Å². The van der Waals surface area contributed by atoms with E-state index in [0.29, 0.717) is 5.69 Å². The molecule has 0 bridgehead atoms. The highest BCUT2D eigenvalue weighted by Gasteiger charge is 2.18. The van der Waals surface area contributed by atoms with Gasteiger partial charge in [-0.1, -0.05) is 33.2 Å². The van der Waals surface area contributed by atoms with Gasteiger partial charge in [-0.15, -0.1) is 0 Å². The molecule has 0 aliphatic heterocycles. The van der Waals surface area contributed by atoms with Crippen LogP contribution in [0.2, 0.25) is 0 Å². The van der Waals surface area contributed by atoms with Crippen molar-refractivity contribution < 1.29 is 14.4 Å². The molecule has 5 nitrogen and oxygen atoms in total. The third-order valence-corrected chi connectivity index (χ3v) is 3.44. The zero-order valence-electron chi connectivity index (χ0n) is 10.9. The van der Waals surface area contributed by atoms with Gasteiger partial charge in [0.1, 0.15) is 6.26 Å². The van der Waals surface area contributed by atoms with E-state index in [9.17, 15) is 9.90 Å². The van der Waals surface area contributed by atoms with Crippen molar-refractivity contribution in [2.45, 2.75) is 25.5 Å². The van der Waals surface area contributed by atoms with Crippen LogP contribution in [-0.2, 0) is 11.2 Å². The Kier molecular flexibility index (Phi) is 4.92. The van der Waals surface area contributed by atoms with Gasteiger partial charge in [-0.05, 0) is 24.6 Å². The second kappa shape index (κ2) is 6.67. The van der Waals surface area contributed by atoms with Gasteiger partial charge in [0, 0.05) is 10.5 Å². The van der Waals surface area contributed by atoms with Crippen molar-refractivity contribution in [3.8, 4) is 0 Å². The lowest BCUT2D eigenvalue weighted by molar-refractivity contribution is -0.121. The Labute approximate surface area is 125 Å². The molecule has 0 saturated carbocycles. The molecule has 2 atom stereocenters. The van der Waals surface area contributed by atoms with E-state index in [4.69, 9.17) is 0 Å². The highest BCUT2D eigenvalue weighted by atomic mass is 79.9. The summed E-state index contributed by atoms with van der Waals surface area (Å²) in [4.78, 5) is 11.8. The zero-order chi connectivity index (χ0) is 14.5. The molecule has 0 spiro atoms. The number of nitrogens with zero attached hydrogens (tertiary/aromatic N) is 1. The van der Waals surface area contributed by atoms with Crippen LogP contribution in [0.5, 0.6) is 0 Å². The smallest absolute Gasteiger partial charge is 0.226 e. The molecule has 2 N–H and O–H groups in total. The summed E-state index contributed by atoms with van der Waals surface area (Å²) in [6, 6.07) is 8.57. The van der Waals surface area contributed by atoms with Gasteiger partial charge >= 0.3 is 0 Å². The quantitative estimate of drug-likeness (QED) is 0.876. The number of aromatic nitrogens is 1. The highest BCUT2D eigenvalue weighted by Crippen LogP contribution is 2.19. The first-order chi connectivity index (χ1) is 9.56. The lowest BCUT2D eigenvalue weighted by Gasteiger charge is -2.20. The summed E-state index contributed by atoms with van der Waals surface area (Å²) in [6.07, 6.45) is 0.792. The predicted octanol–water partition coefficient (Wildman–Crippen LogP) is 2.22. The Morgan fingerprint density at radius 2 is 2.10 bits per heavy atom. The minimum atomic E-state index is -0.760. The number of halogens is 1. The van der Waals surface area contributed by atoms with Crippen molar-refractivity contribution in [2.24, 2.45) is 0 Å². The van der Waals surface area contributed by atoms with Crippen molar-refractivity contribution in [3.05, 3.63) is 52.3 Å². The molecular formula is C14H15BrN2O3. The minimum absolute atomic E-state index is 0.133. The van der Waals surface area contributed by atoms with Crippen LogP contribution >= 0.6 is 15.9 Å². The highest BCUT2D eigenvalue weighted by molar-refractivity contribution is 9.10. The van der Waals surface area contributed by atoms with Crippen LogP contribution in [0.15, 0.2) is 45.6 Å². The maximum Gasteiger partial charge on any atom is 0.226 e. The summed E-state index contributed by atoms with van der Waals surface area (Å²) in [7, 11) is 0. The number of amides is 1.